The van der Waals surface area contributed by atoms with Gasteiger partial charge in [0.05, 0.1) is 6.61 Å². The van der Waals surface area contributed by atoms with Gasteiger partial charge in [0.2, 0.25) is 5.91 Å². The fraction of sp³-hybridized carbons (Fsp3) is 0.917. The zero-order valence-electron chi connectivity index (χ0n) is 10.8. The molecule has 2 fully saturated rings. The van der Waals surface area contributed by atoms with E-state index >= 15 is 0 Å². The molecular weight excluding hydrogens is 261 g/mol. The number of hydrogen-bond acceptors (Lipinski definition) is 3. The molecule has 2 atom stereocenters. The molecule has 19 heavy (non-hydrogen) atoms. The lowest BCUT2D eigenvalue weighted by atomic mass is 9.93. The van der Waals surface area contributed by atoms with E-state index in [4.69, 9.17) is 10.5 Å². The van der Waals surface area contributed by atoms with Gasteiger partial charge >= 0.3 is 6.18 Å². The van der Waals surface area contributed by atoms with Gasteiger partial charge in [-0.3, -0.25) is 10.1 Å². The van der Waals surface area contributed by atoms with Crippen LogP contribution in [0.5, 0.6) is 0 Å². The molecule has 0 radical (unpaired) electrons. The highest BCUT2D eigenvalue weighted by Gasteiger charge is 2.53. The van der Waals surface area contributed by atoms with Gasteiger partial charge in [0.15, 0.2) is 6.10 Å². The van der Waals surface area contributed by atoms with Gasteiger partial charge in [-0.2, -0.15) is 13.2 Å². The van der Waals surface area contributed by atoms with E-state index in [2.05, 4.69) is 5.32 Å². The summed E-state index contributed by atoms with van der Waals surface area (Å²) < 4.78 is 42.2. The van der Waals surface area contributed by atoms with E-state index in [0.29, 0.717) is 0 Å². The molecule has 4 nitrogen and oxygen atoms in total. The maximum Gasteiger partial charge on any atom is 0.414 e. The van der Waals surface area contributed by atoms with Crippen LogP contribution in [0.2, 0.25) is 0 Å². The molecule has 2 aliphatic carbocycles. The second-order valence-electron chi connectivity index (χ2n) is 5.52. The second kappa shape index (κ2) is 4.94. The van der Waals surface area contributed by atoms with Crippen LogP contribution in [-0.2, 0) is 9.53 Å². The molecule has 0 bridgehead atoms. The van der Waals surface area contributed by atoms with Gasteiger partial charge in [-0.15, -0.1) is 0 Å². The van der Waals surface area contributed by atoms with Crippen molar-refractivity contribution in [3.63, 3.8) is 0 Å². The maximum atomic E-state index is 12.5. The third kappa shape index (κ3) is 3.39. The number of carbonyl (C=O) groups excluding carboxylic acids is 1. The molecule has 2 aliphatic rings. The highest BCUT2D eigenvalue weighted by molar-refractivity contribution is 5.86. The van der Waals surface area contributed by atoms with Crippen molar-refractivity contribution < 1.29 is 22.7 Å². The lowest BCUT2D eigenvalue weighted by Crippen LogP contribution is -2.61. The van der Waals surface area contributed by atoms with Crippen molar-refractivity contribution in [2.24, 2.45) is 11.7 Å². The molecular formula is C12H19F3N2O2. The van der Waals surface area contributed by atoms with Crippen LogP contribution >= 0.6 is 0 Å². The third-order valence-electron chi connectivity index (χ3n) is 3.77. The largest absolute Gasteiger partial charge is 0.414 e. The number of amides is 1. The summed E-state index contributed by atoms with van der Waals surface area (Å²) in [6.07, 6.45) is -2.87. The summed E-state index contributed by atoms with van der Waals surface area (Å²) in [6.45, 7) is 0.625. The number of halogens is 3. The van der Waals surface area contributed by atoms with Crippen LogP contribution in [0, 0.1) is 5.92 Å². The topological polar surface area (TPSA) is 64.3 Å². The number of ether oxygens (including phenoxy) is 1. The summed E-state index contributed by atoms with van der Waals surface area (Å²) in [5.41, 5.74) is 4.28. The van der Waals surface area contributed by atoms with E-state index in [1.54, 1.807) is 0 Å². The molecule has 2 unspecified atom stereocenters. The van der Waals surface area contributed by atoms with Crippen LogP contribution in [0.4, 0.5) is 13.2 Å². The molecule has 0 spiro atoms. The lowest BCUT2D eigenvalue weighted by Gasteiger charge is -2.33. The van der Waals surface area contributed by atoms with E-state index in [-0.39, 0.29) is 18.6 Å². The van der Waals surface area contributed by atoms with Crippen molar-refractivity contribution in [3.8, 4) is 0 Å². The van der Waals surface area contributed by atoms with Crippen molar-refractivity contribution in [2.75, 3.05) is 6.61 Å². The lowest BCUT2D eigenvalue weighted by molar-refractivity contribution is -0.219. The molecule has 0 heterocycles. The Bertz CT molecular complexity index is 353. The minimum Gasteiger partial charge on any atom is -0.368 e. The van der Waals surface area contributed by atoms with E-state index in [0.717, 1.165) is 32.6 Å². The zero-order chi connectivity index (χ0) is 14.3. The van der Waals surface area contributed by atoms with Gasteiger partial charge in [0, 0.05) is 6.04 Å². The Kier molecular flexibility index (Phi) is 3.79. The Hall–Kier alpha value is -0.820. The Balaban J connectivity index is 2.02. The number of carbonyl (C=O) groups is 1. The van der Waals surface area contributed by atoms with E-state index in [1.807, 2.05) is 0 Å². The van der Waals surface area contributed by atoms with Crippen molar-refractivity contribution in [1.29, 1.82) is 0 Å². The average molecular weight is 280 g/mol. The first-order valence-corrected chi connectivity index (χ1v) is 6.51. The summed E-state index contributed by atoms with van der Waals surface area (Å²) in [5.74, 6) is -0.623. The SMILES string of the molecule is CC(OCC(NC1CC1)(C(N)=O)C1CC1)C(F)(F)F. The third-order valence-corrected chi connectivity index (χ3v) is 3.77. The molecule has 3 N–H and O–H groups in total. The first-order valence-electron chi connectivity index (χ1n) is 6.51. The minimum atomic E-state index is -4.42. The second-order valence-corrected chi connectivity index (χ2v) is 5.52. The molecule has 0 aromatic heterocycles. The quantitative estimate of drug-likeness (QED) is 0.739. The molecule has 0 aromatic carbocycles. The number of nitrogens with one attached hydrogen (secondary N) is 1. The fourth-order valence-electron chi connectivity index (χ4n) is 2.14. The standard InChI is InChI=1S/C12H19F3N2O2/c1-7(12(13,14)15)19-6-11(10(16)18,8-2-3-8)17-9-4-5-9/h7-9,17H,2-6H2,1H3,(H2,16,18). The van der Waals surface area contributed by atoms with Crippen LogP contribution in [-0.4, -0.2) is 36.4 Å². The van der Waals surface area contributed by atoms with Gasteiger partial charge in [-0.05, 0) is 38.5 Å². The molecule has 7 heteroatoms. The van der Waals surface area contributed by atoms with Crippen molar-refractivity contribution in [3.05, 3.63) is 0 Å². The van der Waals surface area contributed by atoms with Crippen LogP contribution in [0.25, 0.3) is 0 Å². The highest BCUT2D eigenvalue weighted by Crippen LogP contribution is 2.42. The Morgan fingerprint density at radius 1 is 1.37 bits per heavy atom. The highest BCUT2D eigenvalue weighted by atomic mass is 19.4. The number of hydrogen-bond donors (Lipinski definition) is 2. The summed E-state index contributed by atoms with van der Waals surface area (Å²) >= 11 is 0. The molecule has 1 amide bonds. The number of alkyl halides is 3. The van der Waals surface area contributed by atoms with Gasteiger partial charge in [0.1, 0.15) is 5.54 Å². The van der Waals surface area contributed by atoms with Crippen molar-refractivity contribution in [2.45, 2.75) is 56.5 Å². The Labute approximate surface area is 109 Å². The van der Waals surface area contributed by atoms with Crippen LogP contribution in [0.1, 0.15) is 32.6 Å². The average Bonchev–Trinajstić information content (AvgIpc) is 3.12. The van der Waals surface area contributed by atoms with Gasteiger partial charge in [-0.1, -0.05) is 0 Å². The zero-order valence-corrected chi connectivity index (χ0v) is 10.8. The number of nitrogens with two attached hydrogens (primary N) is 1. The first kappa shape index (κ1) is 14.6. The molecule has 110 valence electrons. The van der Waals surface area contributed by atoms with Crippen molar-refractivity contribution in [1.82, 2.24) is 5.32 Å². The summed E-state index contributed by atoms with van der Waals surface area (Å²) in [7, 11) is 0. The smallest absolute Gasteiger partial charge is 0.368 e. The van der Waals surface area contributed by atoms with Crippen LogP contribution in [0.15, 0.2) is 0 Å². The normalized spacial score (nSPS) is 24.8. The number of rotatable bonds is 7. The van der Waals surface area contributed by atoms with E-state index < -0.39 is 23.7 Å². The maximum absolute atomic E-state index is 12.5. The van der Waals surface area contributed by atoms with Gasteiger partial charge in [0.25, 0.3) is 0 Å². The predicted octanol–water partition coefficient (Wildman–Crippen LogP) is 1.34. The van der Waals surface area contributed by atoms with E-state index in [9.17, 15) is 18.0 Å². The number of primary amides is 1. The monoisotopic (exact) mass is 280 g/mol. The predicted molar refractivity (Wildman–Crippen MR) is 62.3 cm³/mol. The molecule has 0 aliphatic heterocycles. The first-order chi connectivity index (χ1) is 8.75. The van der Waals surface area contributed by atoms with Gasteiger partial charge in [-0.25, -0.2) is 0 Å². The molecule has 0 aromatic rings. The Morgan fingerprint density at radius 3 is 2.32 bits per heavy atom. The summed E-state index contributed by atoms with van der Waals surface area (Å²) in [5, 5.41) is 3.11. The van der Waals surface area contributed by atoms with E-state index in [1.165, 1.54) is 0 Å². The molecule has 0 saturated heterocycles. The van der Waals surface area contributed by atoms with Crippen LogP contribution in [0.3, 0.4) is 0 Å². The molecule has 2 rings (SSSR count). The van der Waals surface area contributed by atoms with Crippen LogP contribution < -0.4 is 11.1 Å². The summed E-state index contributed by atoms with van der Waals surface area (Å²) in [4.78, 5) is 11.7. The summed E-state index contributed by atoms with van der Waals surface area (Å²) in [6, 6.07) is 0.179. The Morgan fingerprint density at radius 2 is 1.95 bits per heavy atom. The van der Waals surface area contributed by atoms with Gasteiger partial charge < -0.3 is 10.5 Å². The fourth-order valence-corrected chi connectivity index (χ4v) is 2.14. The van der Waals surface area contributed by atoms with Crippen molar-refractivity contribution >= 4 is 5.91 Å². The molecule has 2 saturated carbocycles. The minimum absolute atomic E-state index is 0.00830.